The number of fused-ring (bicyclic) bond motifs is 1. The van der Waals surface area contributed by atoms with Crippen molar-refractivity contribution in [2.24, 2.45) is 0 Å². The van der Waals surface area contributed by atoms with Crippen LogP contribution in [0, 0.1) is 0 Å². The van der Waals surface area contributed by atoms with Crippen LogP contribution in [0.3, 0.4) is 0 Å². The minimum atomic E-state index is -3.54. The summed E-state index contributed by atoms with van der Waals surface area (Å²) in [5.74, 6) is -0.0671. The van der Waals surface area contributed by atoms with Crippen molar-refractivity contribution < 1.29 is 25.3 Å². The molecule has 0 saturated heterocycles. The Bertz CT molecular complexity index is 1890. The van der Waals surface area contributed by atoms with Crippen LogP contribution >= 0.6 is 0 Å². The van der Waals surface area contributed by atoms with Crippen LogP contribution in [0.15, 0.2) is 83.9 Å². The zero-order valence-electron chi connectivity index (χ0n) is 23.1. The Morgan fingerprint density at radius 2 is 1.50 bits per heavy atom. The van der Waals surface area contributed by atoms with E-state index >= 15 is 0 Å². The molecule has 1 heterocycles. The van der Waals surface area contributed by atoms with E-state index < -0.39 is 39.5 Å². The molecule has 0 aliphatic heterocycles. The third-order valence-electron chi connectivity index (χ3n) is 7.50. The van der Waals surface area contributed by atoms with Crippen LogP contribution < -0.4 is 0 Å². The van der Waals surface area contributed by atoms with Gasteiger partial charge in [-0.2, -0.15) is 0 Å². The molecular weight excluding hydrogens is 567 g/mol. The third kappa shape index (κ3) is 5.99. The molecule has 7 nitrogen and oxygen atoms in total. The Balaban J connectivity index is 1.83. The fourth-order valence-electron chi connectivity index (χ4n) is 4.64. The number of hydrogen-bond donors (Lipinski definition) is 0. The molecule has 0 N–H and O–H groups in total. The average molecular weight is 600 g/mol. The van der Waals surface area contributed by atoms with Crippen molar-refractivity contribution in [3.63, 3.8) is 0 Å². The fourth-order valence-corrected chi connectivity index (χ4v) is 7.23. The molecule has 0 aliphatic rings. The van der Waals surface area contributed by atoms with E-state index in [-0.39, 0.29) is 17.1 Å². The first kappa shape index (κ1) is 29.9. The first-order chi connectivity index (χ1) is 18.5. The van der Waals surface area contributed by atoms with Crippen LogP contribution in [0.1, 0.15) is 42.7 Å². The van der Waals surface area contributed by atoms with Gasteiger partial charge in [-0.05, 0) is 72.9 Å². The monoisotopic (exact) mass is 599 g/mol. The largest absolute Gasteiger partial charge is 0.256 e. The molecule has 1 aromatic heterocycles. The van der Waals surface area contributed by atoms with Gasteiger partial charge in [0.15, 0.2) is 29.5 Å². The number of rotatable bonds is 9. The summed E-state index contributed by atoms with van der Waals surface area (Å²) in [5, 5.41) is -0.0683. The Hall–Kier alpha value is -3.08. The van der Waals surface area contributed by atoms with Gasteiger partial charge in [0.2, 0.25) is 0 Å². The fraction of sp³-hybridized carbons (Fsp3) is 0.300. The maximum Gasteiger partial charge on any atom is 0.175 e. The van der Waals surface area contributed by atoms with Crippen molar-refractivity contribution >= 4 is 40.4 Å². The van der Waals surface area contributed by atoms with Gasteiger partial charge in [0.05, 0.1) is 20.4 Å². The second-order valence-electron chi connectivity index (χ2n) is 10.6. The number of hydrogen-bond acceptors (Lipinski definition) is 7. The topological polar surface area (TPSA) is 115 Å². The summed E-state index contributed by atoms with van der Waals surface area (Å²) in [5.41, 5.74) is 4.16. The second-order valence-corrected chi connectivity index (χ2v) is 17.6. The smallest absolute Gasteiger partial charge is 0.175 e. The van der Waals surface area contributed by atoms with Gasteiger partial charge in [0.25, 0.3) is 0 Å². The molecule has 0 radical (unpaired) electrons. The van der Waals surface area contributed by atoms with Gasteiger partial charge in [-0.15, -0.1) is 0 Å². The van der Waals surface area contributed by atoms with Crippen molar-refractivity contribution in [1.29, 1.82) is 0 Å². The highest BCUT2D eigenvalue weighted by Gasteiger charge is 2.33. The summed E-state index contributed by atoms with van der Waals surface area (Å²) in [4.78, 5) is 4.69. The molecule has 4 aromatic rings. The molecule has 212 valence electrons. The summed E-state index contributed by atoms with van der Waals surface area (Å²) >= 11 is 0. The Kier molecular flexibility index (Phi) is 8.01. The highest BCUT2D eigenvalue weighted by Crippen LogP contribution is 2.37. The van der Waals surface area contributed by atoms with E-state index in [1.165, 1.54) is 18.4 Å². The summed E-state index contributed by atoms with van der Waals surface area (Å²) in [6.45, 7) is 4.95. The van der Waals surface area contributed by atoms with Crippen LogP contribution in [0.2, 0.25) is 0 Å². The van der Waals surface area contributed by atoms with Gasteiger partial charge >= 0.3 is 0 Å². The number of aromatic nitrogens is 1. The molecular formula is C30H33NO6S3. The highest BCUT2D eigenvalue weighted by atomic mass is 32.2. The quantitative estimate of drug-likeness (QED) is 0.256. The van der Waals surface area contributed by atoms with Gasteiger partial charge in [-0.25, -0.2) is 25.3 Å². The molecule has 3 aromatic carbocycles. The summed E-state index contributed by atoms with van der Waals surface area (Å²) in [6, 6.07) is 20.9. The lowest BCUT2D eigenvalue weighted by Crippen LogP contribution is -2.28. The zero-order chi connectivity index (χ0) is 29.5. The molecule has 0 fully saturated rings. The number of pyridine rings is 1. The zero-order valence-corrected chi connectivity index (χ0v) is 25.6. The van der Waals surface area contributed by atoms with Crippen LogP contribution in [0.4, 0.5) is 0 Å². The van der Waals surface area contributed by atoms with Gasteiger partial charge < -0.3 is 0 Å². The minimum Gasteiger partial charge on any atom is -0.256 e. The van der Waals surface area contributed by atoms with E-state index in [1.54, 1.807) is 45.2 Å². The molecule has 10 heteroatoms. The van der Waals surface area contributed by atoms with Crippen molar-refractivity contribution in [3.05, 3.63) is 95.7 Å². The Morgan fingerprint density at radius 1 is 0.825 bits per heavy atom. The van der Waals surface area contributed by atoms with E-state index in [4.69, 9.17) is 0 Å². The van der Waals surface area contributed by atoms with E-state index in [1.807, 2.05) is 42.5 Å². The van der Waals surface area contributed by atoms with Gasteiger partial charge in [-0.1, -0.05) is 49.4 Å². The van der Waals surface area contributed by atoms with Crippen LogP contribution in [0.25, 0.3) is 22.0 Å². The lowest BCUT2D eigenvalue weighted by molar-refractivity contribution is 0.561. The normalized spacial score (nSPS) is 13.8. The lowest BCUT2D eigenvalue weighted by Gasteiger charge is -2.24. The molecule has 0 aliphatic carbocycles. The van der Waals surface area contributed by atoms with Crippen molar-refractivity contribution in [2.45, 2.75) is 42.1 Å². The molecule has 1 atom stereocenters. The average Bonchev–Trinajstić information content (AvgIpc) is 2.90. The number of nitrogens with zero attached hydrogens (tertiary/aromatic N) is 1. The first-order valence-electron chi connectivity index (χ1n) is 12.7. The summed E-state index contributed by atoms with van der Waals surface area (Å²) < 4.78 is 74.3. The summed E-state index contributed by atoms with van der Waals surface area (Å²) in [6.07, 6.45) is 4.19. The Morgan fingerprint density at radius 3 is 2.10 bits per heavy atom. The lowest BCUT2D eigenvalue weighted by atomic mass is 9.92. The molecule has 0 spiro atoms. The standard InChI is InChI=1S/C30H33NO6S3/c1-6-40(36,37)28(22-12-14-26(15-13-22)38(4,32)33)18-21-9-7-10-23(17-21)27-20-25(30(2,3)39(5,34)35)19-24-11-8-16-31-29(24)27/h7-17,19-20,28H,6,18H2,1-5H3. The maximum absolute atomic E-state index is 13.2. The van der Waals surface area contributed by atoms with E-state index in [9.17, 15) is 25.3 Å². The van der Waals surface area contributed by atoms with Crippen molar-refractivity contribution in [3.8, 4) is 11.1 Å². The second kappa shape index (κ2) is 10.7. The summed E-state index contributed by atoms with van der Waals surface area (Å²) in [7, 11) is -10.4. The van der Waals surface area contributed by atoms with Gasteiger partial charge in [-0.3, -0.25) is 4.98 Å². The molecule has 40 heavy (non-hydrogen) atoms. The van der Waals surface area contributed by atoms with E-state index in [0.29, 0.717) is 16.6 Å². The van der Waals surface area contributed by atoms with Crippen LogP contribution in [0.5, 0.6) is 0 Å². The predicted molar refractivity (Wildman–Crippen MR) is 161 cm³/mol. The van der Waals surface area contributed by atoms with Crippen LogP contribution in [-0.2, 0) is 40.7 Å². The van der Waals surface area contributed by atoms with E-state index in [2.05, 4.69) is 4.98 Å². The first-order valence-corrected chi connectivity index (χ1v) is 18.2. The molecule has 0 saturated carbocycles. The SMILES string of the molecule is CCS(=O)(=O)C(Cc1cccc(-c2cc(C(C)(C)S(C)(=O)=O)cc3cccnc23)c1)c1ccc(S(C)(=O)=O)cc1. The van der Waals surface area contributed by atoms with Crippen molar-refractivity contribution in [1.82, 2.24) is 4.98 Å². The maximum atomic E-state index is 13.2. The number of benzene rings is 3. The van der Waals surface area contributed by atoms with E-state index in [0.717, 1.165) is 28.3 Å². The van der Waals surface area contributed by atoms with Crippen molar-refractivity contribution in [2.75, 3.05) is 18.3 Å². The van der Waals surface area contributed by atoms with Gasteiger partial charge in [0, 0.05) is 35.4 Å². The molecule has 0 bridgehead atoms. The molecule has 0 amide bonds. The van der Waals surface area contributed by atoms with Gasteiger partial charge in [0.1, 0.15) is 0 Å². The molecule has 4 rings (SSSR count). The van der Waals surface area contributed by atoms with Crippen LogP contribution in [-0.4, -0.2) is 48.5 Å². The Labute approximate surface area is 237 Å². The highest BCUT2D eigenvalue weighted by molar-refractivity contribution is 7.92. The minimum absolute atomic E-state index is 0.0671. The molecule has 1 unspecified atom stereocenters. The predicted octanol–water partition coefficient (Wildman–Crippen LogP) is 5.30. The third-order valence-corrected chi connectivity index (χ3v) is 12.8. The number of sulfone groups is 3.